The SMILES string of the molecule is CN1C(=O)CNC1c1cnc(N)o1. The van der Waals surface area contributed by atoms with Crippen molar-refractivity contribution in [3.8, 4) is 0 Å². The van der Waals surface area contributed by atoms with Crippen LogP contribution in [0.3, 0.4) is 0 Å². The molecular formula is C7H10N4O2. The molecule has 1 aromatic rings. The molecule has 1 unspecified atom stereocenters. The first-order chi connectivity index (χ1) is 6.18. The van der Waals surface area contributed by atoms with Gasteiger partial charge < -0.3 is 15.1 Å². The summed E-state index contributed by atoms with van der Waals surface area (Å²) in [5.74, 6) is 0.589. The summed E-state index contributed by atoms with van der Waals surface area (Å²) in [6, 6.07) is 0.115. The maximum Gasteiger partial charge on any atom is 0.292 e. The molecule has 1 amide bonds. The van der Waals surface area contributed by atoms with Gasteiger partial charge in [0.15, 0.2) is 5.76 Å². The molecule has 1 aliphatic heterocycles. The summed E-state index contributed by atoms with van der Waals surface area (Å²) in [6.45, 7) is 0.321. The van der Waals surface area contributed by atoms with E-state index in [4.69, 9.17) is 10.2 Å². The monoisotopic (exact) mass is 182 g/mol. The Morgan fingerprint density at radius 2 is 2.62 bits per heavy atom. The molecule has 13 heavy (non-hydrogen) atoms. The first kappa shape index (κ1) is 8.06. The number of likely N-dealkylation sites (N-methyl/N-ethyl adjacent to an activating group) is 1. The third-order valence-electron chi connectivity index (χ3n) is 2.04. The van der Waals surface area contributed by atoms with Crippen molar-refractivity contribution in [3.63, 3.8) is 0 Å². The maximum absolute atomic E-state index is 11.1. The van der Waals surface area contributed by atoms with Gasteiger partial charge in [0, 0.05) is 7.05 Å². The molecule has 0 aliphatic carbocycles. The highest BCUT2D eigenvalue weighted by molar-refractivity contribution is 5.80. The molecule has 0 aromatic carbocycles. The Labute approximate surface area is 74.7 Å². The van der Waals surface area contributed by atoms with Crippen molar-refractivity contribution in [1.82, 2.24) is 15.2 Å². The summed E-state index contributed by atoms with van der Waals surface area (Å²) < 4.78 is 5.10. The summed E-state index contributed by atoms with van der Waals surface area (Å²) in [6.07, 6.45) is 1.28. The van der Waals surface area contributed by atoms with Crippen LogP contribution in [0.25, 0.3) is 0 Å². The molecule has 0 spiro atoms. The number of carbonyl (C=O) groups is 1. The minimum absolute atomic E-state index is 0.0278. The predicted octanol–water partition coefficient (Wildman–Crippen LogP) is -0.683. The first-order valence-corrected chi connectivity index (χ1v) is 3.89. The zero-order valence-corrected chi connectivity index (χ0v) is 7.15. The molecule has 0 radical (unpaired) electrons. The van der Waals surface area contributed by atoms with Gasteiger partial charge in [0.05, 0.1) is 12.7 Å². The lowest BCUT2D eigenvalue weighted by Gasteiger charge is -2.15. The molecule has 2 rings (SSSR count). The fourth-order valence-electron chi connectivity index (χ4n) is 1.31. The van der Waals surface area contributed by atoms with Crippen LogP contribution in [0.2, 0.25) is 0 Å². The Hall–Kier alpha value is -1.56. The standard InChI is InChI=1S/C7H10N4O2/c1-11-5(12)3-9-6(11)4-2-10-7(8)13-4/h2,6,9H,3H2,1H3,(H2,8,10). The molecule has 1 aromatic heterocycles. The summed E-state index contributed by atoms with van der Waals surface area (Å²) >= 11 is 0. The van der Waals surface area contributed by atoms with E-state index in [1.54, 1.807) is 11.9 Å². The molecule has 6 heteroatoms. The predicted molar refractivity (Wildman–Crippen MR) is 44.4 cm³/mol. The number of hydrogen-bond acceptors (Lipinski definition) is 5. The van der Waals surface area contributed by atoms with Gasteiger partial charge in [-0.3, -0.25) is 10.1 Å². The van der Waals surface area contributed by atoms with E-state index >= 15 is 0 Å². The van der Waals surface area contributed by atoms with Crippen LogP contribution in [0.5, 0.6) is 0 Å². The molecule has 6 nitrogen and oxygen atoms in total. The number of aromatic nitrogens is 1. The number of nitrogens with zero attached hydrogens (tertiary/aromatic N) is 2. The number of carbonyl (C=O) groups excluding carboxylic acids is 1. The number of nitrogens with two attached hydrogens (primary N) is 1. The summed E-state index contributed by atoms with van der Waals surface area (Å²) in [5.41, 5.74) is 5.32. The van der Waals surface area contributed by atoms with Gasteiger partial charge in [0.25, 0.3) is 6.01 Å². The lowest BCUT2D eigenvalue weighted by atomic mass is 10.4. The van der Waals surface area contributed by atoms with Crippen LogP contribution in [0, 0.1) is 0 Å². The summed E-state index contributed by atoms with van der Waals surface area (Å²) in [4.78, 5) is 16.4. The normalized spacial score (nSPS) is 22.7. The van der Waals surface area contributed by atoms with Crippen LogP contribution in [-0.2, 0) is 4.79 Å². The van der Waals surface area contributed by atoms with Gasteiger partial charge in [0.2, 0.25) is 5.91 Å². The number of amides is 1. The highest BCUT2D eigenvalue weighted by Crippen LogP contribution is 2.21. The van der Waals surface area contributed by atoms with Gasteiger partial charge in [-0.2, -0.15) is 0 Å². The van der Waals surface area contributed by atoms with E-state index in [0.29, 0.717) is 12.3 Å². The van der Waals surface area contributed by atoms with Crippen LogP contribution < -0.4 is 11.1 Å². The van der Waals surface area contributed by atoms with E-state index in [1.165, 1.54) is 6.20 Å². The number of hydrogen-bond donors (Lipinski definition) is 2. The Morgan fingerprint density at radius 1 is 1.85 bits per heavy atom. The summed E-state index contributed by atoms with van der Waals surface area (Å²) in [5, 5.41) is 2.97. The van der Waals surface area contributed by atoms with Gasteiger partial charge in [-0.05, 0) is 0 Å². The Morgan fingerprint density at radius 3 is 3.08 bits per heavy atom. The van der Waals surface area contributed by atoms with E-state index < -0.39 is 0 Å². The second-order valence-corrected chi connectivity index (χ2v) is 2.89. The fourth-order valence-corrected chi connectivity index (χ4v) is 1.31. The van der Waals surface area contributed by atoms with Gasteiger partial charge in [0.1, 0.15) is 6.17 Å². The topological polar surface area (TPSA) is 84.4 Å². The largest absolute Gasteiger partial charge is 0.425 e. The molecule has 1 atom stereocenters. The lowest BCUT2D eigenvalue weighted by Crippen LogP contribution is -2.25. The van der Waals surface area contributed by atoms with Crippen molar-refractivity contribution in [2.24, 2.45) is 0 Å². The van der Waals surface area contributed by atoms with E-state index in [0.717, 1.165) is 0 Å². The quantitative estimate of drug-likeness (QED) is 0.601. The Balaban J connectivity index is 2.23. The molecule has 70 valence electrons. The molecule has 1 saturated heterocycles. The molecule has 1 fully saturated rings. The van der Waals surface area contributed by atoms with Crippen molar-refractivity contribution < 1.29 is 9.21 Å². The first-order valence-electron chi connectivity index (χ1n) is 3.89. The van der Waals surface area contributed by atoms with Crippen LogP contribution in [0.4, 0.5) is 6.01 Å². The van der Waals surface area contributed by atoms with Crippen molar-refractivity contribution >= 4 is 11.9 Å². The van der Waals surface area contributed by atoms with Crippen LogP contribution in [-0.4, -0.2) is 29.4 Å². The smallest absolute Gasteiger partial charge is 0.292 e. The molecule has 1 aliphatic rings. The lowest BCUT2D eigenvalue weighted by molar-refractivity contribution is -0.126. The molecule has 3 N–H and O–H groups in total. The number of nitrogen functional groups attached to an aromatic ring is 1. The minimum atomic E-state index is -0.239. The number of anilines is 1. The summed E-state index contributed by atoms with van der Waals surface area (Å²) in [7, 11) is 1.70. The van der Waals surface area contributed by atoms with E-state index in [2.05, 4.69) is 10.3 Å². The fraction of sp³-hybridized carbons (Fsp3) is 0.429. The number of rotatable bonds is 1. The molecule has 0 bridgehead atoms. The second kappa shape index (κ2) is 2.74. The average molecular weight is 182 g/mol. The van der Waals surface area contributed by atoms with Crippen molar-refractivity contribution in [3.05, 3.63) is 12.0 Å². The van der Waals surface area contributed by atoms with Crippen LogP contribution in [0.15, 0.2) is 10.6 Å². The Kier molecular flexibility index (Phi) is 1.70. The highest BCUT2D eigenvalue weighted by atomic mass is 16.4. The number of oxazole rings is 1. The van der Waals surface area contributed by atoms with Gasteiger partial charge >= 0.3 is 0 Å². The van der Waals surface area contributed by atoms with Gasteiger partial charge in [-0.1, -0.05) is 0 Å². The van der Waals surface area contributed by atoms with Crippen molar-refractivity contribution in [2.75, 3.05) is 19.3 Å². The van der Waals surface area contributed by atoms with Gasteiger partial charge in [-0.25, -0.2) is 4.98 Å². The van der Waals surface area contributed by atoms with Crippen LogP contribution >= 0.6 is 0 Å². The average Bonchev–Trinajstić information content (AvgIpc) is 2.62. The van der Waals surface area contributed by atoms with E-state index in [-0.39, 0.29) is 18.1 Å². The molecule has 2 heterocycles. The van der Waals surface area contributed by atoms with E-state index in [1.807, 2.05) is 0 Å². The third kappa shape index (κ3) is 1.25. The third-order valence-corrected chi connectivity index (χ3v) is 2.04. The minimum Gasteiger partial charge on any atom is -0.425 e. The maximum atomic E-state index is 11.1. The van der Waals surface area contributed by atoms with Crippen molar-refractivity contribution in [1.29, 1.82) is 0 Å². The zero-order valence-electron chi connectivity index (χ0n) is 7.15. The van der Waals surface area contributed by atoms with Gasteiger partial charge in [-0.15, -0.1) is 0 Å². The van der Waals surface area contributed by atoms with Crippen LogP contribution in [0.1, 0.15) is 11.9 Å². The highest BCUT2D eigenvalue weighted by Gasteiger charge is 2.30. The van der Waals surface area contributed by atoms with Crippen molar-refractivity contribution in [2.45, 2.75) is 6.17 Å². The number of nitrogens with one attached hydrogen (secondary N) is 1. The second-order valence-electron chi connectivity index (χ2n) is 2.89. The van der Waals surface area contributed by atoms with E-state index in [9.17, 15) is 4.79 Å². The Bertz CT molecular complexity index is 335. The molecule has 0 saturated carbocycles. The molecular weight excluding hydrogens is 172 g/mol. The zero-order chi connectivity index (χ0) is 9.42.